The molecule has 0 heterocycles. The Morgan fingerprint density at radius 1 is 0.824 bits per heavy atom. The summed E-state index contributed by atoms with van der Waals surface area (Å²) in [6.07, 6.45) is 0. The van der Waals surface area contributed by atoms with Gasteiger partial charge < -0.3 is 10.2 Å². The van der Waals surface area contributed by atoms with Gasteiger partial charge >= 0.3 is 0 Å². The summed E-state index contributed by atoms with van der Waals surface area (Å²) >= 11 is 0. The third kappa shape index (κ3) is 3.14. The normalized spacial score (nSPS) is 11.4. The molecule has 0 aliphatic rings. The summed E-state index contributed by atoms with van der Waals surface area (Å²) in [7, 11) is 0. The fourth-order valence-electron chi connectivity index (χ4n) is 1.59. The van der Waals surface area contributed by atoms with Gasteiger partial charge in [-0.3, -0.25) is 5.32 Å². The molecular formula is C14H15NO2. The van der Waals surface area contributed by atoms with Crippen molar-refractivity contribution in [3.05, 3.63) is 71.8 Å². The Labute approximate surface area is 100 Å². The first-order valence-corrected chi connectivity index (χ1v) is 5.48. The highest BCUT2D eigenvalue weighted by molar-refractivity contribution is 5.20. The highest BCUT2D eigenvalue weighted by atomic mass is 16.5. The van der Waals surface area contributed by atoms with Crippen LogP contribution in [0, 0.1) is 0 Å². The first-order chi connectivity index (χ1) is 8.18. The zero-order chi connectivity index (χ0) is 12.1. The molecule has 0 aliphatic heterocycles. The smallest absolute Gasteiger partial charge is 0.250 e. The van der Waals surface area contributed by atoms with Crippen molar-refractivity contribution >= 4 is 0 Å². The van der Waals surface area contributed by atoms with Crippen molar-refractivity contribution in [2.45, 2.75) is 12.5 Å². The SMILES string of the molecule is OC(O)(NCc1ccccc1)c1ccccc1. The van der Waals surface area contributed by atoms with Gasteiger partial charge in [0.05, 0.1) is 0 Å². The minimum atomic E-state index is -2.00. The predicted octanol–water partition coefficient (Wildman–Crippen LogP) is 1.57. The quantitative estimate of drug-likeness (QED) is 0.698. The van der Waals surface area contributed by atoms with Crippen molar-refractivity contribution in [1.82, 2.24) is 5.32 Å². The molecule has 0 atom stereocenters. The third-order valence-corrected chi connectivity index (χ3v) is 2.56. The molecule has 2 aromatic carbocycles. The van der Waals surface area contributed by atoms with Crippen molar-refractivity contribution in [2.75, 3.05) is 0 Å². The van der Waals surface area contributed by atoms with E-state index < -0.39 is 5.91 Å². The Hall–Kier alpha value is -1.68. The molecular weight excluding hydrogens is 214 g/mol. The number of hydrogen-bond donors (Lipinski definition) is 3. The van der Waals surface area contributed by atoms with Crippen LogP contribution in [0.3, 0.4) is 0 Å². The molecule has 3 heteroatoms. The van der Waals surface area contributed by atoms with Crippen LogP contribution < -0.4 is 5.32 Å². The van der Waals surface area contributed by atoms with E-state index in [0.717, 1.165) is 5.56 Å². The average Bonchev–Trinajstić information content (AvgIpc) is 2.39. The van der Waals surface area contributed by atoms with E-state index in [0.29, 0.717) is 12.1 Å². The van der Waals surface area contributed by atoms with Crippen LogP contribution in [0.1, 0.15) is 11.1 Å². The topological polar surface area (TPSA) is 52.5 Å². The minimum absolute atomic E-state index is 0.392. The van der Waals surface area contributed by atoms with E-state index in [1.807, 2.05) is 36.4 Å². The van der Waals surface area contributed by atoms with Gasteiger partial charge in [0.25, 0.3) is 5.91 Å². The summed E-state index contributed by atoms with van der Waals surface area (Å²) in [5, 5.41) is 22.5. The third-order valence-electron chi connectivity index (χ3n) is 2.56. The molecule has 0 radical (unpaired) electrons. The zero-order valence-corrected chi connectivity index (χ0v) is 9.38. The summed E-state index contributed by atoms with van der Waals surface area (Å²) in [6, 6.07) is 18.3. The molecule has 88 valence electrons. The molecule has 0 fully saturated rings. The maximum absolute atomic E-state index is 9.89. The van der Waals surface area contributed by atoms with Crippen LogP contribution >= 0.6 is 0 Å². The zero-order valence-electron chi connectivity index (χ0n) is 9.38. The van der Waals surface area contributed by atoms with E-state index in [2.05, 4.69) is 5.32 Å². The molecule has 0 aliphatic carbocycles. The van der Waals surface area contributed by atoms with Crippen LogP contribution in [-0.2, 0) is 12.5 Å². The van der Waals surface area contributed by atoms with E-state index in [-0.39, 0.29) is 0 Å². The van der Waals surface area contributed by atoms with E-state index in [9.17, 15) is 10.2 Å². The molecule has 2 rings (SSSR count). The van der Waals surface area contributed by atoms with E-state index in [1.165, 1.54) is 0 Å². The van der Waals surface area contributed by atoms with Crippen molar-refractivity contribution < 1.29 is 10.2 Å². The lowest BCUT2D eigenvalue weighted by Crippen LogP contribution is -2.41. The monoisotopic (exact) mass is 229 g/mol. The lowest BCUT2D eigenvalue weighted by molar-refractivity contribution is -0.196. The van der Waals surface area contributed by atoms with Crippen LogP contribution in [0.5, 0.6) is 0 Å². The van der Waals surface area contributed by atoms with Crippen molar-refractivity contribution in [3.63, 3.8) is 0 Å². The molecule has 0 spiro atoms. The van der Waals surface area contributed by atoms with Crippen LogP contribution in [0.4, 0.5) is 0 Å². The second-order valence-corrected chi connectivity index (χ2v) is 3.88. The van der Waals surface area contributed by atoms with E-state index in [4.69, 9.17) is 0 Å². The Bertz CT molecular complexity index is 454. The summed E-state index contributed by atoms with van der Waals surface area (Å²) in [5.74, 6) is -2.00. The number of rotatable bonds is 4. The molecule has 3 nitrogen and oxygen atoms in total. The Morgan fingerprint density at radius 3 is 1.94 bits per heavy atom. The van der Waals surface area contributed by atoms with Gasteiger partial charge in [-0.05, 0) is 5.56 Å². The second kappa shape index (κ2) is 5.10. The summed E-state index contributed by atoms with van der Waals surface area (Å²) < 4.78 is 0. The molecule has 0 amide bonds. The maximum Gasteiger partial charge on any atom is 0.250 e. The van der Waals surface area contributed by atoms with Crippen LogP contribution in [0.25, 0.3) is 0 Å². The molecule has 0 bridgehead atoms. The molecule has 0 saturated heterocycles. The van der Waals surface area contributed by atoms with Gasteiger partial charge in [-0.2, -0.15) is 0 Å². The molecule has 0 unspecified atom stereocenters. The highest BCUT2D eigenvalue weighted by Crippen LogP contribution is 2.14. The summed E-state index contributed by atoms with van der Waals surface area (Å²) in [6.45, 7) is 0.392. The highest BCUT2D eigenvalue weighted by Gasteiger charge is 2.24. The molecule has 2 aromatic rings. The number of aliphatic hydroxyl groups is 2. The van der Waals surface area contributed by atoms with E-state index >= 15 is 0 Å². The van der Waals surface area contributed by atoms with Gasteiger partial charge in [-0.15, -0.1) is 0 Å². The minimum Gasteiger partial charge on any atom is -0.350 e. The second-order valence-electron chi connectivity index (χ2n) is 3.88. The lowest BCUT2D eigenvalue weighted by atomic mass is 10.1. The van der Waals surface area contributed by atoms with Crippen LogP contribution in [0.15, 0.2) is 60.7 Å². The number of nitrogens with one attached hydrogen (secondary N) is 1. The molecule has 0 saturated carbocycles. The van der Waals surface area contributed by atoms with Crippen LogP contribution in [0.2, 0.25) is 0 Å². The summed E-state index contributed by atoms with van der Waals surface area (Å²) in [4.78, 5) is 0. The van der Waals surface area contributed by atoms with Crippen molar-refractivity contribution in [2.24, 2.45) is 0 Å². The molecule has 0 aromatic heterocycles. The Balaban J connectivity index is 2.03. The summed E-state index contributed by atoms with van der Waals surface area (Å²) in [5.41, 5.74) is 1.42. The van der Waals surface area contributed by atoms with Gasteiger partial charge in [-0.25, -0.2) is 0 Å². The fourth-order valence-corrected chi connectivity index (χ4v) is 1.59. The standard InChI is InChI=1S/C14H15NO2/c16-14(17,13-9-5-2-6-10-13)15-11-12-7-3-1-4-8-12/h1-10,15-17H,11H2. The molecule has 3 N–H and O–H groups in total. The number of benzene rings is 2. The van der Waals surface area contributed by atoms with Crippen molar-refractivity contribution in [3.8, 4) is 0 Å². The van der Waals surface area contributed by atoms with Gasteiger partial charge in [-0.1, -0.05) is 60.7 Å². The number of hydrogen-bond acceptors (Lipinski definition) is 3. The van der Waals surface area contributed by atoms with Gasteiger partial charge in [0, 0.05) is 12.1 Å². The largest absolute Gasteiger partial charge is 0.350 e. The average molecular weight is 229 g/mol. The first-order valence-electron chi connectivity index (χ1n) is 5.48. The van der Waals surface area contributed by atoms with Gasteiger partial charge in [0.1, 0.15) is 0 Å². The maximum atomic E-state index is 9.89. The van der Waals surface area contributed by atoms with Gasteiger partial charge in [0.15, 0.2) is 0 Å². The predicted molar refractivity (Wildman–Crippen MR) is 65.8 cm³/mol. The molecule has 17 heavy (non-hydrogen) atoms. The van der Waals surface area contributed by atoms with Crippen molar-refractivity contribution in [1.29, 1.82) is 0 Å². The fraction of sp³-hybridized carbons (Fsp3) is 0.143. The lowest BCUT2D eigenvalue weighted by Gasteiger charge is -2.23. The van der Waals surface area contributed by atoms with Gasteiger partial charge in [0.2, 0.25) is 0 Å². The van der Waals surface area contributed by atoms with E-state index in [1.54, 1.807) is 24.3 Å². The first kappa shape index (κ1) is 11.8. The van der Waals surface area contributed by atoms with Crippen LogP contribution in [-0.4, -0.2) is 10.2 Å². The Morgan fingerprint density at radius 2 is 1.35 bits per heavy atom. The Kier molecular flexibility index (Phi) is 3.54.